The molecule has 4 heteroatoms. The zero-order valence-electron chi connectivity index (χ0n) is 9.14. The number of aromatic nitrogens is 1. The lowest BCUT2D eigenvalue weighted by Crippen LogP contribution is -1.96. The number of nitrogens with zero attached hydrogens (tertiary/aromatic N) is 1. The number of nitrogens with two attached hydrogens (primary N) is 1. The summed E-state index contributed by atoms with van der Waals surface area (Å²) in [6, 6.07) is 7.38. The molecule has 0 spiro atoms. The van der Waals surface area contributed by atoms with Crippen LogP contribution in [0.25, 0.3) is 0 Å². The SMILES string of the molecule is CCc1nc(COc2ccc(N)cc2)cs1. The molecule has 1 aromatic carbocycles. The Kier molecular flexibility index (Phi) is 3.41. The second-order valence-corrected chi connectivity index (χ2v) is 4.39. The molecule has 0 aliphatic rings. The highest BCUT2D eigenvalue weighted by Gasteiger charge is 2.01. The average molecular weight is 234 g/mol. The summed E-state index contributed by atoms with van der Waals surface area (Å²) < 4.78 is 5.59. The van der Waals surface area contributed by atoms with Crippen LogP contribution < -0.4 is 10.5 Å². The van der Waals surface area contributed by atoms with E-state index < -0.39 is 0 Å². The molecule has 84 valence electrons. The molecule has 0 amide bonds. The van der Waals surface area contributed by atoms with Crippen molar-refractivity contribution in [2.75, 3.05) is 5.73 Å². The first-order valence-electron chi connectivity index (χ1n) is 5.19. The van der Waals surface area contributed by atoms with Crippen molar-refractivity contribution in [2.45, 2.75) is 20.0 Å². The summed E-state index contributed by atoms with van der Waals surface area (Å²) in [7, 11) is 0. The molecule has 0 saturated heterocycles. The molecule has 2 aromatic rings. The van der Waals surface area contributed by atoms with E-state index in [1.165, 1.54) is 0 Å². The van der Waals surface area contributed by atoms with Crippen LogP contribution in [-0.4, -0.2) is 4.98 Å². The maximum absolute atomic E-state index is 5.59. The van der Waals surface area contributed by atoms with Gasteiger partial charge in [-0.25, -0.2) is 4.98 Å². The number of anilines is 1. The van der Waals surface area contributed by atoms with Gasteiger partial charge in [-0.3, -0.25) is 0 Å². The number of thiazole rings is 1. The lowest BCUT2D eigenvalue weighted by atomic mass is 10.3. The van der Waals surface area contributed by atoms with Crippen LogP contribution >= 0.6 is 11.3 Å². The van der Waals surface area contributed by atoms with Crippen molar-refractivity contribution in [3.63, 3.8) is 0 Å². The third-order valence-corrected chi connectivity index (χ3v) is 3.21. The normalized spacial score (nSPS) is 10.3. The second kappa shape index (κ2) is 4.99. The van der Waals surface area contributed by atoms with Crippen LogP contribution in [0.3, 0.4) is 0 Å². The van der Waals surface area contributed by atoms with E-state index in [1.807, 2.05) is 29.6 Å². The number of nitrogen functional groups attached to an aromatic ring is 1. The molecule has 0 radical (unpaired) electrons. The molecular weight excluding hydrogens is 220 g/mol. The van der Waals surface area contributed by atoms with Gasteiger partial charge in [0.05, 0.1) is 10.7 Å². The van der Waals surface area contributed by atoms with Crippen LogP contribution in [-0.2, 0) is 13.0 Å². The molecular formula is C12H14N2OS. The molecule has 0 aliphatic heterocycles. The van der Waals surface area contributed by atoms with E-state index >= 15 is 0 Å². The fourth-order valence-corrected chi connectivity index (χ4v) is 2.03. The Morgan fingerprint density at radius 3 is 2.69 bits per heavy atom. The first-order chi connectivity index (χ1) is 7.78. The Labute approximate surface area is 98.9 Å². The number of rotatable bonds is 4. The average Bonchev–Trinajstić information content (AvgIpc) is 2.76. The molecule has 1 aromatic heterocycles. The highest BCUT2D eigenvalue weighted by molar-refractivity contribution is 7.09. The Morgan fingerprint density at radius 1 is 1.31 bits per heavy atom. The minimum Gasteiger partial charge on any atom is -0.487 e. The second-order valence-electron chi connectivity index (χ2n) is 3.44. The van der Waals surface area contributed by atoms with Gasteiger partial charge in [0.2, 0.25) is 0 Å². The quantitative estimate of drug-likeness (QED) is 0.827. The molecule has 1 heterocycles. The minimum absolute atomic E-state index is 0.514. The standard InChI is InChI=1S/C12H14N2OS/c1-2-12-14-10(8-16-12)7-15-11-5-3-9(13)4-6-11/h3-6,8H,2,7,13H2,1H3. The van der Waals surface area contributed by atoms with Gasteiger partial charge in [0.1, 0.15) is 12.4 Å². The van der Waals surface area contributed by atoms with Gasteiger partial charge in [0, 0.05) is 11.1 Å². The molecule has 16 heavy (non-hydrogen) atoms. The van der Waals surface area contributed by atoms with E-state index in [0.29, 0.717) is 6.61 Å². The van der Waals surface area contributed by atoms with Crippen molar-refractivity contribution < 1.29 is 4.74 Å². The van der Waals surface area contributed by atoms with E-state index in [2.05, 4.69) is 11.9 Å². The van der Waals surface area contributed by atoms with Gasteiger partial charge in [0.15, 0.2) is 0 Å². The van der Waals surface area contributed by atoms with Gasteiger partial charge < -0.3 is 10.5 Å². The molecule has 0 fully saturated rings. The fraction of sp³-hybridized carbons (Fsp3) is 0.250. The molecule has 0 unspecified atom stereocenters. The smallest absolute Gasteiger partial charge is 0.131 e. The fourth-order valence-electron chi connectivity index (χ4n) is 1.30. The molecule has 0 bridgehead atoms. The molecule has 0 aliphatic carbocycles. The summed E-state index contributed by atoms with van der Waals surface area (Å²) in [6.07, 6.45) is 0.979. The van der Waals surface area contributed by atoms with Crippen molar-refractivity contribution in [3.05, 3.63) is 40.3 Å². The number of aryl methyl sites for hydroxylation is 1. The van der Waals surface area contributed by atoms with Crippen molar-refractivity contribution in [1.82, 2.24) is 4.98 Å². The monoisotopic (exact) mass is 234 g/mol. The van der Waals surface area contributed by atoms with Crippen LogP contribution in [0.4, 0.5) is 5.69 Å². The van der Waals surface area contributed by atoms with Crippen molar-refractivity contribution in [1.29, 1.82) is 0 Å². The number of benzene rings is 1. The summed E-state index contributed by atoms with van der Waals surface area (Å²) in [6.45, 7) is 2.61. The van der Waals surface area contributed by atoms with Crippen LogP contribution in [0.2, 0.25) is 0 Å². The van der Waals surface area contributed by atoms with Gasteiger partial charge in [-0.1, -0.05) is 6.92 Å². The largest absolute Gasteiger partial charge is 0.487 e. The summed E-state index contributed by atoms with van der Waals surface area (Å²) in [5, 5.41) is 3.19. The third-order valence-electron chi connectivity index (χ3n) is 2.17. The van der Waals surface area contributed by atoms with E-state index in [9.17, 15) is 0 Å². The highest BCUT2D eigenvalue weighted by atomic mass is 32.1. The van der Waals surface area contributed by atoms with E-state index in [-0.39, 0.29) is 0 Å². The van der Waals surface area contributed by atoms with Gasteiger partial charge in [-0.15, -0.1) is 11.3 Å². The summed E-state index contributed by atoms with van der Waals surface area (Å²) in [4.78, 5) is 4.43. The maximum Gasteiger partial charge on any atom is 0.131 e. The zero-order chi connectivity index (χ0) is 11.4. The van der Waals surface area contributed by atoms with Crippen LogP contribution in [0.5, 0.6) is 5.75 Å². The zero-order valence-corrected chi connectivity index (χ0v) is 9.96. The predicted octanol–water partition coefficient (Wildman–Crippen LogP) is 2.87. The van der Waals surface area contributed by atoms with Crippen molar-refractivity contribution in [3.8, 4) is 5.75 Å². The summed E-state index contributed by atoms with van der Waals surface area (Å²) in [5.74, 6) is 0.820. The molecule has 3 nitrogen and oxygen atoms in total. The summed E-state index contributed by atoms with van der Waals surface area (Å²) >= 11 is 1.68. The highest BCUT2D eigenvalue weighted by Crippen LogP contribution is 2.16. The predicted molar refractivity (Wildman–Crippen MR) is 66.7 cm³/mol. The number of hydrogen-bond acceptors (Lipinski definition) is 4. The minimum atomic E-state index is 0.514. The summed E-state index contributed by atoms with van der Waals surface area (Å²) in [5.41, 5.74) is 7.32. The first-order valence-corrected chi connectivity index (χ1v) is 6.07. The maximum atomic E-state index is 5.59. The van der Waals surface area contributed by atoms with Crippen LogP contribution in [0.15, 0.2) is 29.6 Å². The Morgan fingerprint density at radius 2 is 2.06 bits per heavy atom. The van der Waals surface area contributed by atoms with E-state index in [1.54, 1.807) is 11.3 Å². The molecule has 0 atom stereocenters. The van der Waals surface area contributed by atoms with E-state index in [4.69, 9.17) is 10.5 Å². The number of ether oxygens (including phenoxy) is 1. The molecule has 0 saturated carbocycles. The van der Waals surface area contributed by atoms with Gasteiger partial charge in [-0.2, -0.15) is 0 Å². The van der Waals surface area contributed by atoms with Crippen LogP contribution in [0.1, 0.15) is 17.6 Å². The Balaban J connectivity index is 1.94. The topological polar surface area (TPSA) is 48.1 Å². The lowest BCUT2D eigenvalue weighted by Gasteiger charge is -2.03. The van der Waals surface area contributed by atoms with E-state index in [0.717, 1.165) is 28.6 Å². The Bertz CT molecular complexity index is 450. The van der Waals surface area contributed by atoms with Crippen molar-refractivity contribution in [2.24, 2.45) is 0 Å². The first kappa shape index (κ1) is 11.0. The van der Waals surface area contributed by atoms with Crippen molar-refractivity contribution >= 4 is 17.0 Å². The van der Waals surface area contributed by atoms with Crippen LogP contribution in [0, 0.1) is 0 Å². The lowest BCUT2D eigenvalue weighted by molar-refractivity contribution is 0.302. The van der Waals surface area contributed by atoms with Gasteiger partial charge in [-0.05, 0) is 30.7 Å². The molecule has 2 N–H and O–H groups in total. The number of hydrogen-bond donors (Lipinski definition) is 1. The van der Waals surface area contributed by atoms with Gasteiger partial charge >= 0.3 is 0 Å². The Hall–Kier alpha value is -1.55. The third kappa shape index (κ3) is 2.73. The van der Waals surface area contributed by atoms with Gasteiger partial charge in [0.25, 0.3) is 0 Å². The molecule has 2 rings (SSSR count).